The van der Waals surface area contributed by atoms with Gasteiger partial charge in [-0.1, -0.05) is 6.07 Å². The molecule has 0 aliphatic carbocycles. The normalized spacial score (nSPS) is 28.5. The molecule has 1 fully saturated rings. The van der Waals surface area contributed by atoms with Crippen LogP contribution in [0.4, 0.5) is 4.39 Å². The van der Waals surface area contributed by atoms with Crippen LogP contribution in [0.3, 0.4) is 0 Å². The Morgan fingerprint density at radius 1 is 1.15 bits per heavy atom. The Balaban J connectivity index is 1.55. The Bertz CT molecular complexity index is 1030. The van der Waals surface area contributed by atoms with E-state index >= 15 is 0 Å². The first-order chi connectivity index (χ1) is 16.0. The second-order valence-electron chi connectivity index (χ2n) is 8.42. The first-order valence-electron chi connectivity index (χ1n) is 11.0. The van der Waals surface area contributed by atoms with Crippen molar-refractivity contribution in [1.29, 1.82) is 0 Å². The molecule has 0 aromatic heterocycles. The van der Waals surface area contributed by atoms with Gasteiger partial charge in [0.25, 0.3) is 0 Å². The first-order valence-corrected chi connectivity index (χ1v) is 12.0. The zero-order chi connectivity index (χ0) is 23.1. The van der Waals surface area contributed by atoms with Crippen LogP contribution in [0, 0.1) is 0 Å². The smallest absolute Gasteiger partial charge is 0.157 e. The lowest BCUT2D eigenvalue weighted by Crippen LogP contribution is -2.53. The molecule has 3 aliphatic heterocycles. The number of aliphatic hydroxyl groups is 3. The number of rotatable bonds is 5. The Labute approximate surface area is 195 Å². The second-order valence-corrected chi connectivity index (χ2v) is 9.56. The van der Waals surface area contributed by atoms with Crippen molar-refractivity contribution >= 4 is 11.8 Å². The Hall–Kier alpha value is -2.04. The van der Waals surface area contributed by atoms with E-state index < -0.39 is 37.2 Å². The molecule has 0 radical (unpaired) electrons. The molecule has 178 valence electrons. The van der Waals surface area contributed by atoms with Gasteiger partial charge in [-0.15, -0.1) is 11.8 Å². The average Bonchev–Trinajstić information content (AvgIpc) is 3.32. The molecule has 9 heteroatoms. The molecule has 33 heavy (non-hydrogen) atoms. The van der Waals surface area contributed by atoms with E-state index in [2.05, 4.69) is 6.07 Å². The van der Waals surface area contributed by atoms with Crippen LogP contribution in [0.1, 0.15) is 28.4 Å². The number of ether oxygens (including phenoxy) is 4. The number of fused-ring (bicyclic) bond motifs is 2. The van der Waals surface area contributed by atoms with Crippen molar-refractivity contribution in [2.24, 2.45) is 0 Å². The summed E-state index contributed by atoms with van der Waals surface area (Å²) in [6.45, 7) is 0.529. The van der Waals surface area contributed by atoms with Crippen molar-refractivity contribution in [1.82, 2.24) is 0 Å². The molecule has 0 spiro atoms. The molecule has 0 saturated carbocycles. The summed E-state index contributed by atoms with van der Waals surface area (Å²) in [5.41, 5.74) is 3.31. The minimum absolute atomic E-state index is 0.440. The van der Waals surface area contributed by atoms with Gasteiger partial charge in [0.15, 0.2) is 6.17 Å². The predicted molar refractivity (Wildman–Crippen MR) is 119 cm³/mol. The molecule has 1 saturated heterocycles. The van der Waals surface area contributed by atoms with Crippen LogP contribution in [-0.2, 0) is 17.6 Å². The summed E-state index contributed by atoms with van der Waals surface area (Å²) in [6, 6.07) is 7.92. The van der Waals surface area contributed by atoms with Crippen LogP contribution in [0.2, 0.25) is 0 Å². The molecule has 0 amide bonds. The van der Waals surface area contributed by atoms with Crippen LogP contribution in [-0.4, -0.2) is 72.5 Å². The van der Waals surface area contributed by atoms with Crippen molar-refractivity contribution in [3.63, 3.8) is 0 Å². The zero-order valence-corrected chi connectivity index (χ0v) is 19.0. The molecule has 5 rings (SSSR count). The van der Waals surface area contributed by atoms with E-state index in [1.165, 1.54) is 0 Å². The first kappa shape index (κ1) is 22.7. The standard InChI is InChI=1S/C24H27FO7S/c1-29-22-13(8-12-2-3-16-18(9-12)33-7-6-30-16)10-15(23-14(22)4-5-31-23)24-21(28)20(27)19(25)17(11-26)32-24/h2-3,9-10,17,19-21,24,26-28H,4-8,11H2,1H3/t17-,19-,20+,21-,24+/m1/s1. The molecule has 2 aromatic carbocycles. The van der Waals surface area contributed by atoms with E-state index in [1.807, 2.05) is 18.2 Å². The molecule has 3 aliphatic rings. The lowest BCUT2D eigenvalue weighted by molar-refractivity contribution is -0.214. The lowest BCUT2D eigenvalue weighted by atomic mass is 9.88. The summed E-state index contributed by atoms with van der Waals surface area (Å²) in [4.78, 5) is 1.09. The summed E-state index contributed by atoms with van der Waals surface area (Å²) >= 11 is 1.76. The van der Waals surface area contributed by atoms with E-state index in [4.69, 9.17) is 18.9 Å². The molecule has 5 atom stereocenters. The van der Waals surface area contributed by atoms with Gasteiger partial charge < -0.3 is 34.3 Å². The highest BCUT2D eigenvalue weighted by atomic mass is 32.2. The fourth-order valence-corrected chi connectivity index (χ4v) is 5.68. The molecular formula is C24H27FO7S. The minimum atomic E-state index is -1.89. The Morgan fingerprint density at radius 2 is 2.00 bits per heavy atom. The quantitative estimate of drug-likeness (QED) is 0.602. The molecule has 3 heterocycles. The summed E-state index contributed by atoms with van der Waals surface area (Å²) in [7, 11) is 1.61. The predicted octanol–water partition coefficient (Wildman–Crippen LogP) is 2.20. The Kier molecular flexibility index (Phi) is 6.41. The number of aliphatic hydroxyl groups excluding tert-OH is 3. The number of halogens is 1. The average molecular weight is 479 g/mol. The molecule has 2 aromatic rings. The van der Waals surface area contributed by atoms with E-state index in [0.717, 1.165) is 33.1 Å². The summed E-state index contributed by atoms with van der Waals surface area (Å²) in [5, 5.41) is 30.4. The number of methoxy groups -OCH3 is 1. The molecule has 0 unspecified atom stereocenters. The van der Waals surface area contributed by atoms with E-state index in [1.54, 1.807) is 18.9 Å². The molecule has 3 N–H and O–H groups in total. The second kappa shape index (κ2) is 9.31. The fourth-order valence-electron chi connectivity index (χ4n) is 4.79. The van der Waals surface area contributed by atoms with Crippen molar-refractivity contribution in [2.75, 3.05) is 32.7 Å². The van der Waals surface area contributed by atoms with Gasteiger partial charge in [0.2, 0.25) is 0 Å². The third-order valence-electron chi connectivity index (χ3n) is 6.38. The Morgan fingerprint density at radius 3 is 2.79 bits per heavy atom. The van der Waals surface area contributed by atoms with Gasteiger partial charge >= 0.3 is 0 Å². The van der Waals surface area contributed by atoms with Crippen LogP contribution < -0.4 is 14.2 Å². The summed E-state index contributed by atoms with van der Waals surface area (Å²) in [6.07, 6.45) is -6.19. The zero-order valence-electron chi connectivity index (χ0n) is 18.2. The van der Waals surface area contributed by atoms with Crippen molar-refractivity contribution in [3.05, 3.63) is 46.5 Å². The molecule has 7 nitrogen and oxygen atoms in total. The number of hydrogen-bond donors (Lipinski definition) is 3. The van der Waals surface area contributed by atoms with Gasteiger partial charge in [-0.25, -0.2) is 4.39 Å². The molecule has 0 bridgehead atoms. The summed E-state index contributed by atoms with van der Waals surface area (Å²) < 4.78 is 37.4. The van der Waals surface area contributed by atoms with Crippen LogP contribution in [0.5, 0.6) is 17.2 Å². The van der Waals surface area contributed by atoms with Gasteiger partial charge in [0.05, 0.1) is 26.9 Å². The van der Waals surface area contributed by atoms with Gasteiger partial charge in [-0.2, -0.15) is 0 Å². The van der Waals surface area contributed by atoms with E-state index in [9.17, 15) is 19.7 Å². The topological polar surface area (TPSA) is 97.6 Å². The van der Waals surface area contributed by atoms with E-state index in [-0.39, 0.29) is 0 Å². The van der Waals surface area contributed by atoms with Crippen LogP contribution >= 0.6 is 11.8 Å². The number of alkyl halides is 1. The monoisotopic (exact) mass is 478 g/mol. The lowest BCUT2D eigenvalue weighted by Gasteiger charge is -2.39. The summed E-state index contributed by atoms with van der Waals surface area (Å²) in [5.74, 6) is 3.02. The highest BCUT2D eigenvalue weighted by Crippen LogP contribution is 2.46. The van der Waals surface area contributed by atoms with Gasteiger partial charge in [0.1, 0.15) is 41.7 Å². The van der Waals surface area contributed by atoms with Crippen LogP contribution in [0.15, 0.2) is 29.2 Å². The van der Waals surface area contributed by atoms with Gasteiger partial charge in [-0.05, 0) is 29.3 Å². The third kappa shape index (κ3) is 4.06. The fraction of sp³-hybridized carbons (Fsp3) is 0.500. The SMILES string of the molecule is COc1c(Cc2ccc3c(c2)SCCO3)cc([C@@H]2O[C@H](CO)[C@@H](F)[C@H](O)[C@H]2O)c2c1CCO2. The van der Waals surface area contributed by atoms with Crippen molar-refractivity contribution < 1.29 is 38.7 Å². The van der Waals surface area contributed by atoms with Crippen molar-refractivity contribution in [3.8, 4) is 17.2 Å². The third-order valence-corrected chi connectivity index (χ3v) is 7.39. The van der Waals surface area contributed by atoms with E-state index in [0.29, 0.717) is 43.1 Å². The largest absolute Gasteiger partial charge is 0.496 e. The maximum Gasteiger partial charge on any atom is 0.157 e. The van der Waals surface area contributed by atoms with Crippen LogP contribution in [0.25, 0.3) is 0 Å². The number of benzene rings is 2. The van der Waals surface area contributed by atoms with Gasteiger partial charge in [-0.3, -0.25) is 0 Å². The number of hydrogen-bond acceptors (Lipinski definition) is 8. The maximum atomic E-state index is 14.3. The number of thioether (sulfide) groups is 1. The van der Waals surface area contributed by atoms with Crippen molar-refractivity contribution in [2.45, 2.75) is 48.3 Å². The highest BCUT2D eigenvalue weighted by Gasteiger charge is 2.47. The maximum absolute atomic E-state index is 14.3. The highest BCUT2D eigenvalue weighted by molar-refractivity contribution is 7.99. The van der Waals surface area contributed by atoms with Gasteiger partial charge in [0, 0.05) is 34.6 Å². The molecular weight excluding hydrogens is 451 g/mol. The minimum Gasteiger partial charge on any atom is -0.496 e.